The Morgan fingerprint density at radius 1 is 1.21 bits per heavy atom. The Morgan fingerprint density at radius 3 is 2.61 bits per heavy atom. The highest BCUT2D eigenvalue weighted by molar-refractivity contribution is 14.1. The van der Waals surface area contributed by atoms with Gasteiger partial charge in [-0.15, -0.1) is 0 Å². The van der Waals surface area contributed by atoms with Crippen molar-refractivity contribution in [3.8, 4) is 0 Å². The van der Waals surface area contributed by atoms with Gasteiger partial charge in [0.1, 0.15) is 0 Å². The summed E-state index contributed by atoms with van der Waals surface area (Å²) in [4.78, 5) is 12.4. The number of carbonyl (C=O) groups is 1. The first-order valence-corrected chi connectivity index (χ1v) is 11.3. The molecule has 5 heteroatoms. The maximum absolute atomic E-state index is 12.4. The summed E-state index contributed by atoms with van der Waals surface area (Å²) in [6.07, 6.45) is 8.31. The second kappa shape index (κ2) is 15.7. The van der Waals surface area contributed by atoms with Crippen molar-refractivity contribution in [3.63, 3.8) is 0 Å². The molecule has 2 atom stereocenters. The Balaban J connectivity index is 2.52. The Hall–Kier alpha value is -1.18. The first-order chi connectivity index (χ1) is 13.6. The molecule has 0 heterocycles. The predicted octanol–water partition coefficient (Wildman–Crippen LogP) is 5.16. The fraction of sp³-hybridized carbons (Fsp3) is 0.522. The van der Waals surface area contributed by atoms with Gasteiger partial charge in [-0.3, -0.25) is 4.79 Å². The van der Waals surface area contributed by atoms with Crippen molar-refractivity contribution in [2.45, 2.75) is 58.6 Å². The van der Waals surface area contributed by atoms with Gasteiger partial charge in [-0.05, 0) is 35.3 Å². The molecule has 0 saturated heterocycles. The second-order valence-electron chi connectivity index (χ2n) is 7.06. The summed E-state index contributed by atoms with van der Waals surface area (Å²) < 4.78 is 7.75. The fourth-order valence-electron chi connectivity index (χ4n) is 2.95. The molecule has 4 nitrogen and oxygen atoms in total. The maximum Gasteiger partial charge on any atom is 0.220 e. The molecule has 0 bridgehead atoms. The number of benzene rings is 1. The smallest absolute Gasteiger partial charge is 0.220 e. The minimum absolute atomic E-state index is 0.0312. The third-order valence-corrected chi connectivity index (χ3v) is 5.07. The van der Waals surface area contributed by atoms with Gasteiger partial charge < -0.3 is 15.2 Å². The van der Waals surface area contributed by atoms with E-state index < -0.39 is 0 Å². The lowest BCUT2D eigenvalue weighted by Crippen LogP contribution is -2.39. The molecule has 28 heavy (non-hydrogen) atoms. The van der Waals surface area contributed by atoms with Gasteiger partial charge in [0.25, 0.3) is 0 Å². The van der Waals surface area contributed by atoms with Crippen molar-refractivity contribution >= 4 is 28.5 Å². The van der Waals surface area contributed by atoms with Gasteiger partial charge in [0, 0.05) is 13.0 Å². The highest BCUT2D eigenvalue weighted by Gasteiger charge is 2.19. The lowest BCUT2D eigenvalue weighted by atomic mass is 9.94. The summed E-state index contributed by atoms with van der Waals surface area (Å²) in [6.45, 7) is 5.50. The molecule has 1 aromatic carbocycles. The van der Waals surface area contributed by atoms with Crippen molar-refractivity contribution in [2.24, 2.45) is 5.92 Å². The van der Waals surface area contributed by atoms with Crippen LogP contribution in [0.15, 0.2) is 52.1 Å². The van der Waals surface area contributed by atoms with Crippen molar-refractivity contribution in [1.29, 1.82) is 0 Å². The molecule has 0 radical (unpaired) electrons. The topological polar surface area (TPSA) is 58.6 Å². The van der Waals surface area contributed by atoms with Crippen LogP contribution in [0.2, 0.25) is 0 Å². The van der Waals surface area contributed by atoms with Crippen LogP contribution >= 0.6 is 22.6 Å². The summed E-state index contributed by atoms with van der Waals surface area (Å²) in [6, 6.07) is 10.1. The van der Waals surface area contributed by atoms with Gasteiger partial charge in [0.05, 0.1) is 19.3 Å². The first-order valence-electron chi connectivity index (χ1n) is 10.0. The summed E-state index contributed by atoms with van der Waals surface area (Å²) in [7, 11) is 0. The third kappa shape index (κ3) is 11.0. The molecule has 0 aliphatic rings. The zero-order valence-electron chi connectivity index (χ0n) is 17.1. The van der Waals surface area contributed by atoms with E-state index in [1.807, 2.05) is 34.4 Å². The van der Waals surface area contributed by atoms with E-state index in [2.05, 4.69) is 53.9 Å². The quantitative estimate of drug-likeness (QED) is 0.211. The van der Waals surface area contributed by atoms with Crippen LogP contribution in [0, 0.1) is 5.92 Å². The first kappa shape index (κ1) is 24.9. The molecule has 0 saturated carbocycles. The van der Waals surface area contributed by atoms with Gasteiger partial charge in [-0.1, -0.05) is 90.4 Å². The minimum Gasteiger partial charge on any atom is -0.396 e. The van der Waals surface area contributed by atoms with Crippen LogP contribution in [-0.2, 0) is 16.1 Å². The van der Waals surface area contributed by atoms with E-state index in [9.17, 15) is 4.79 Å². The van der Waals surface area contributed by atoms with Crippen LogP contribution in [0.1, 0.15) is 51.5 Å². The largest absolute Gasteiger partial charge is 0.396 e. The number of unbranched alkanes of at least 4 members (excludes halogenated alkanes) is 3. The van der Waals surface area contributed by atoms with E-state index in [0.717, 1.165) is 36.8 Å². The SMILES string of the molecule is CC(=CCOCc1ccccc1)C(NC(=O)CCCCCCO)[C@@H](C)C=CI. The van der Waals surface area contributed by atoms with Crippen LogP contribution in [0.5, 0.6) is 0 Å². The molecular weight excluding hydrogens is 465 g/mol. The number of rotatable bonds is 14. The number of halogens is 1. The van der Waals surface area contributed by atoms with Crippen molar-refractivity contribution in [3.05, 3.63) is 57.7 Å². The second-order valence-corrected chi connectivity index (χ2v) is 7.78. The molecule has 0 fully saturated rings. The maximum atomic E-state index is 12.4. The average molecular weight is 499 g/mol. The van der Waals surface area contributed by atoms with Gasteiger partial charge >= 0.3 is 0 Å². The van der Waals surface area contributed by atoms with Gasteiger partial charge in [0.2, 0.25) is 5.91 Å². The van der Waals surface area contributed by atoms with E-state index in [0.29, 0.717) is 19.6 Å². The van der Waals surface area contributed by atoms with Crippen molar-refractivity contribution < 1.29 is 14.6 Å². The van der Waals surface area contributed by atoms with Gasteiger partial charge in [-0.2, -0.15) is 0 Å². The standard InChI is InChI=1S/C23H34INO3/c1-19(13-15-24)23(25-22(27)12-8-3-4-9-16-26)20(2)14-17-28-18-21-10-6-5-7-11-21/h5-7,10-11,13-15,19,23,26H,3-4,8-9,12,16-18H2,1-2H3,(H,25,27)/t19-,23?/m0/s1. The monoisotopic (exact) mass is 499 g/mol. The van der Waals surface area contributed by atoms with Crippen LogP contribution < -0.4 is 5.32 Å². The van der Waals surface area contributed by atoms with Crippen LogP contribution in [-0.4, -0.2) is 30.3 Å². The molecule has 2 N–H and O–H groups in total. The number of carbonyl (C=O) groups excluding carboxylic acids is 1. The molecule has 1 rings (SSSR count). The molecule has 0 spiro atoms. The van der Waals surface area contributed by atoms with E-state index in [1.165, 1.54) is 0 Å². The zero-order chi connectivity index (χ0) is 20.6. The third-order valence-electron chi connectivity index (χ3n) is 4.66. The molecule has 0 aromatic heterocycles. The number of aliphatic hydroxyl groups is 1. The van der Waals surface area contributed by atoms with Crippen LogP contribution in [0.4, 0.5) is 0 Å². The number of ether oxygens (including phenoxy) is 1. The Kier molecular flexibility index (Phi) is 13.9. The average Bonchev–Trinajstić information content (AvgIpc) is 2.70. The Labute approximate surface area is 183 Å². The van der Waals surface area contributed by atoms with E-state index >= 15 is 0 Å². The molecule has 156 valence electrons. The minimum atomic E-state index is -0.0312. The predicted molar refractivity (Wildman–Crippen MR) is 124 cm³/mol. The molecule has 1 amide bonds. The number of nitrogens with one attached hydrogen (secondary N) is 1. The fourth-order valence-corrected chi connectivity index (χ4v) is 3.61. The summed E-state index contributed by atoms with van der Waals surface area (Å²) in [5.41, 5.74) is 2.27. The van der Waals surface area contributed by atoms with Crippen LogP contribution in [0.25, 0.3) is 0 Å². The van der Waals surface area contributed by atoms with E-state index in [-0.39, 0.29) is 24.5 Å². The zero-order valence-corrected chi connectivity index (χ0v) is 19.2. The number of amides is 1. The Morgan fingerprint density at radius 2 is 1.93 bits per heavy atom. The molecule has 0 aliphatic carbocycles. The molecule has 1 aromatic rings. The summed E-state index contributed by atoms with van der Waals surface area (Å²) in [5.74, 6) is 0.293. The molecular formula is C23H34INO3. The summed E-state index contributed by atoms with van der Waals surface area (Å²) >= 11 is 2.21. The van der Waals surface area contributed by atoms with Crippen LogP contribution in [0.3, 0.4) is 0 Å². The van der Waals surface area contributed by atoms with Gasteiger partial charge in [0.15, 0.2) is 0 Å². The molecule has 1 unspecified atom stereocenters. The Bertz CT molecular complexity index is 601. The summed E-state index contributed by atoms with van der Waals surface area (Å²) in [5, 5.41) is 12.0. The van der Waals surface area contributed by atoms with Gasteiger partial charge in [-0.25, -0.2) is 0 Å². The lowest BCUT2D eigenvalue weighted by molar-refractivity contribution is -0.121. The highest BCUT2D eigenvalue weighted by Crippen LogP contribution is 2.16. The normalized spacial score (nSPS) is 14.2. The number of aliphatic hydroxyl groups excluding tert-OH is 1. The number of hydrogen-bond donors (Lipinski definition) is 2. The van der Waals surface area contributed by atoms with Crippen molar-refractivity contribution in [1.82, 2.24) is 5.32 Å². The lowest BCUT2D eigenvalue weighted by Gasteiger charge is -2.24. The van der Waals surface area contributed by atoms with E-state index in [1.54, 1.807) is 0 Å². The molecule has 0 aliphatic heterocycles. The van der Waals surface area contributed by atoms with Crippen molar-refractivity contribution in [2.75, 3.05) is 13.2 Å². The van der Waals surface area contributed by atoms with E-state index in [4.69, 9.17) is 9.84 Å². The number of hydrogen-bond acceptors (Lipinski definition) is 3. The highest BCUT2D eigenvalue weighted by atomic mass is 127.